The zero-order valence-electron chi connectivity index (χ0n) is 24.1. The van der Waals surface area contributed by atoms with Crippen LogP contribution in [0.5, 0.6) is 0 Å². The monoisotopic (exact) mass is 649 g/mol. The minimum atomic E-state index is -3.87. The molecule has 5 aliphatic rings. The fourth-order valence-corrected chi connectivity index (χ4v) is 7.80. The summed E-state index contributed by atoms with van der Waals surface area (Å²) < 4.78 is 38.7. The lowest BCUT2D eigenvalue weighted by molar-refractivity contribution is -0.140. The van der Waals surface area contributed by atoms with Crippen molar-refractivity contribution in [3.8, 4) is 0 Å². The molecule has 238 valence electrons. The third kappa shape index (κ3) is 6.17. The van der Waals surface area contributed by atoms with Crippen LogP contribution >= 0.6 is 11.6 Å². The smallest absolute Gasteiger partial charge is 0.410 e. The van der Waals surface area contributed by atoms with E-state index in [0.29, 0.717) is 43.9 Å². The Labute approximate surface area is 260 Å². The van der Waals surface area contributed by atoms with E-state index in [9.17, 15) is 27.6 Å². The molecule has 5 atom stereocenters. The van der Waals surface area contributed by atoms with Gasteiger partial charge in [-0.05, 0) is 49.3 Å². The zero-order chi connectivity index (χ0) is 31.2. The number of ether oxygens (including phenoxy) is 2. The number of nitrogens with one attached hydrogen (secondary N) is 2. The van der Waals surface area contributed by atoms with Gasteiger partial charge in [-0.3, -0.25) is 24.0 Å². The summed E-state index contributed by atoms with van der Waals surface area (Å²) in [5, 5.41) is 2.70. The van der Waals surface area contributed by atoms with Crippen LogP contribution in [0.25, 0.3) is 0 Å². The van der Waals surface area contributed by atoms with Gasteiger partial charge < -0.3 is 25.4 Å². The number of rotatable bonds is 4. The number of carbonyl (C=O) groups is 4. The molecule has 0 aromatic heterocycles. The number of sulfonamides is 1. The van der Waals surface area contributed by atoms with Gasteiger partial charge in [0.25, 0.3) is 5.91 Å². The highest BCUT2D eigenvalue weighted by Crippen LogP contribution is 2.46. The lowest BCUT2D eigenvalue weighted by atomic mass is 10.1. The summed E-state index contributed by atoms with van der Waals surface area (Å²) in [5.74, 6) is -2.43. The van der Waals surface area contributed by atoms with Crippen LogP contribution in [0.4, 0.5) is 4.79 Å². The van der Waals surface area contributed by atoms with Crippen molar-refractivity contribution in [2.45, 2.75) is 80.6 Å². The average Bonchev–Trinajstić information content (AvgIpc) is 3.86. The van der Waals surface area contributed by atoms with E-state index in [0.717, 1.165) is 11.1 Å². The van der Waals surface area contributed by atoms with Crippen molar-refractivity contribution in [1.82, 2.24) is 19.8 Å². The van der Waals surface area contributed by atoms with E-state index in [1.165, 1.54) is 9.80 Å². The molecule has 0 spiro atoms. The van der Waals surface area contributed by atoms with Crippen molar-refractivity contribution < 1.29 is 37.1 Å². The Balaban J connectivity index is 1.20. The lowest BCUT2D eigenvalue weighted by Crippen LogP contribution is -2.57. The van der Waals surface area contributed by atoms with E-state index in [4.69, 9.17) is 26.8 Å². The van der Waals surface area contributed by atoms with E-state index < -0.39 is 68.7 Å². The van der Waals surface area contributed by atoms with Gasteiger partial charge in [-0.25, -0.2) is 13.2 Å². The van der Waals surface area contributed by atoms with Crippen molar-refractivity contribution >= 4 is 45.4 Å². The number of halogens is 1. The summed E-state index contributed by atoms with van der Waals surface area (Å²) in [6.07, 6.45) is 3.98. The first-order valence-electron chi connectivity index (χ1n) is 14.9. The molecule has 1 aromatic rings. The average molecular weight is 650 g/mol. The lowest BCUT2D eigenvalue weighted by Gasteiger charge is -2.28. The summed E-state index contributed by atoms with van der Waals surface area (Å²) in [4.78, 5) is 56.7. The number of nitrogens with zero attached hydrogens (tertiary/aromatic N) is 2. The fourth-order valence-electron chi connectivity index (χ4n) is 6.18. The fraction of sp³-hybridized carbons (Fsp3) is 0.586. The van der Waals surface area contributed by atoms with Crippen molar-refractivity contribution in [3.63, 3.8) is 0 Å². The Morgan fingerprint density at radius 2 is 1.98 bits per heavy atom. The molecule has 1 aromatic carbocycles. The van der Waals surface area contributed by atoms with Crippen LogP contribution in [-0.2, 0) is 47.0 Å². The van der Waals surface area contributed by atoms with E-state index in [2.05, 4.69) is 10.0 Å². The molecule has 44 heavy (non-hydrogen) atoms. The maximum Gasteiger partial charge on any atom is 0.410 e. The highest BCUT2D eigenvalue weighted by molar-refractivity contribution is 7.91. The Morgan fingerprint density at radius 3 is 2.73 bits per heavy atom. The number of fused-ring (bicyclic) bond motifs is 3. The molecule has 15 heteroatoms. The van der Waals surface area contributed by atoms with Gasteiger partial charge in [0.1, 0.15) is 17.7 Å². The van der Waals surface area contributed by atoms with Crippen LogP contribution in [0, 0.1) is 5.92 Å². The van der Waals surface area contributed by atoms with E-state index in [1.807, 2.05) is 12.1 Å². The summed E-state index contributed by atoms with van der Waals surface area (Å²) in [6, 6.07) is 3.44. The summed E-state index contributed by atoms with van der Waals surface area (Å²) in [7, 11) is -3.87. The van der Waals surface area contributed by atoms with Crippen LogP contribution in [0.2, 0.25) is 5.02 Å². The SMILES string of the molecule is N[C@H]1CCCOCC=C[C@@H]2C[C@@]2(C(=O)NS(=O)(=O)C2CC2)NC(=O)[C@@H]2C[C@@H](OC(=O)N3Cc4cccc(Cl)c4C3)CN2C1=O. The molecule has 0 bridgehead atoms. The van der Waals surface area contributed by atoms with Crippen molar-refractivity contribution in [1.29, 1.82) is 0 Å². The van der Waals surface area contributed by atoms with Crippen LogP contribution < -0.4 is 15.8 Å². The van der Waals surface area contributed by atoms with Gasteiger partial charge in [-0.2, -0.15) is 0 Å². The highest BCUT2D eigenvalue weighted by Gasteiger charge is 2.62. The predicted molar refractivity (Wildman–Crippen MR) is 157 cm³/mol. The van der Waals surface area contributed by atoms with Crippen LogP contribution in [0.15, 0.2) is 30.4 Å². The van der Waals surface area contributed by atoms with Gasteiger partial charge in [-0.15, -0.1) is 0 Å². The molecule has 3 aliphatic heterocycles. The maximum absolute atomic E-state index is 13.8. The first-order valence-corrected chi connectivity index (χ1v) is 16.8. The molecular formula is C29H36ClN5O8S. The molecule has 2 aliphatic carbocycles. The number of hydrogen-bond donors (Lipinski definition) is 3. The topological polar surface area (TPSA) is 177 Å². The van der Waals surface area contributed by atoms with Gasteiger partial charge in [0, 0.05) is 30.5 Å². The zero-order valence-corrected chi connectivity index (χ0v) is 25.6. The molecule has 3 fully saturated rings. The van der Waals surface area contributed by atoms with Crippen LogP contribution in [0.1, 0.15) is 49.7 Å². The van der Waals surface area contributed by atoms with E-state index in [-0.39, 0.29) is 32.5 Å². The minimum Gasteiger partial charge on any atom is -0.444 e. The molecule has 1 saturated heterocycles. The Kier molecular flexibility index (Phi) is 8.37. The predicted octanol–water partition coefficient (Wildman–Crippen LogP) is 0.939. The molecule has 13 nitrogen and oxygen atoms in total. The van der Waals surface area contributed by atoms with Gasteiger partial charge in [-0.1, -0.05) is 35.9 Å². The first-order chi connectivity index (χ1) is 21.0. The second kappa shape index (κ2) is 12.0. The number of benzene rings is 1. The van der Waals surface area contributed by atoms with Crippen molar-refractivity contribution in [2.24, 2.45) is 11.7 Å². The molecule has 4 amide bonds. The molecule has 6 rings (SSSR count). The number of amides is 4. The van der Waals surface area contributed by atoms with Gasteiger partial charge in [0.05, 0.1) is 31.0 Å². The number of nitrogens with two attached hydrogens (primary N) is 1. The van der Waals surface area contributed by atoms with Crippen LogP contribution in [0.3, 0.4) is 0 Å². The third-order valence-corrected chi connectivity index (χ3v) is 11.1. The Bertz CT molecular complexity index is 1500. The Hall–Kier alpha value is -3.20. The molecule has 3 heterocycles. The molecule has 2 saturated carbocycles. The van der Waals surface area contributed by atoms with Gasteiger partial charge >= 0.3 is 6.09 Å². The first kappa shape index (κ1) is 30.8. The number of hydrogen-bond acceptors (Lipinski definition) is 9. The van der Waals surface area contributed by atoms with Gasteiger partial charge in [0.2, 0.25) is 21.8 Å². The normalized spacial score (nSPS) is 30.8. The number of carbonyl (C=O) groups excluding carboxylic acids is 4. The maximum atomic E-state index is 13.8. The minimum absolute atomic E-state index is 0.0146. The van der Waals surface area contributed by atoms with Crippen LogP contribution in [-0.4, -0.2) is 90.8 Å². The van der Waals surface area contributed by atoms with E-state index >= 15 is 0 Å². The second-order valence-electron chi connectivity index (χ2n) is 12.2. The quantitative estimate of drug-likeness (QED) is 0.401. The molecule has 0 radical (unpaired) electrons. The summed E-state index contributed by atoms with van der Waals surface area (Å²) in [6.45, 7) is 1.13. The van der Waals surface area contributed by atoms with E-state index in [1.54, 1.807) is 18.2 Å². The molecule has 0 unspecified atom stereocenters. The van der Waals surface area contributed by atoms with Gasteiger partial charge in [0.15, 0.2) is 0 Å². The molecular weight excluding hydrogens is 614 g/mol. The third-order valence-electron chi connectivity index (χ3n) is 8.97. The highest BCUT2D eigenvalue weighted by atomic mass is 35.5. The largest absolute Gasteiger partial charge is 0.444 e. The summed E-state index contributed by atoms with van der Waals surface area (Å²) >= 11 is 6.30. The second-order valence-corrected chi connectivity index (χ2v) is 14.5. The standard InChI is InChI=1S/C29H36ClN5O8S/c30-22-6-1-4-17-14-34(16-21(17)22)28(39)43-19-12-24-25(36)32-29(27(38)33-44(40,41)20-8-9-20)13-18(29)5-2-10-42-11-3-7-23(31)26(37)35(24)15-19/h1-2,4-6,18-20,23-24H,3,7-16,31H2,(H,32,36)(H,33,38)/t18-,19-,23+,24+,29-/m1/s1. The van der Waals surface area contributed by atoms with Crippen molar-refractivity contribution in [2.75, 3.05) is 19.8 Å². The Morgan fingerprint density at radius 1 is 1.18 bits per heavy atom. The van der Waals surface area contributed by atoms with Crippen molar-refractivity contribution in [3.05, 3.63) is 46.5 Å². The molecule has 4 N–H and O–H groups in total. The summed E-state index contributed by atoms with van der Waals surface area (Å²) in [5.41, 5.74) is 6.48.